The molecule has 0 aliphatic carbocycles. The molecule has 0 saturated heterocycles. The number of hydrogen-bond donors (Lipinski definition) is 2. The summed E-state index contributed by atoms with van der Waals surface area (Å²) in [6, 6.07) is 7.25. The third kappa shape index (κ3) is 3.00. The van der Waals surface area contributed by atoms with Crippen LogP contribution in [0, 0.1) is 0 Å². The highest BCUT2D eigenvalue weighted by atomic mass is 16.5. The van der Waals surface area contributed by atoms with Crippen molar-refractivity contribution < 1.29 is 9.53 Å². The van der Waals surface area contributed by atoms with Crippen LogP contribution in [-0.2, 0) is 4.79 Å². The Morgan fingerprint density at radius 2 is 2.17 bits per heavy atom. The number of nitrogens with two attached hydrogens (primary N) is 1. The number of hydrogen-bond acceptors (Lipinski definition) is 7. The zero-order valence-corrected chi connectivity index (χ0v) is 12.4. The Balaban J connectivity index is 2.12. The molecule has 3 N–H and O–H groups in total. The van der Waals surface area contributed by atoms with E-state index in [9.17, 15) is 4.79 Å². The van der Waals surface area contributed by atoms with Crippen molar-refractivity contribution in [1.82, 2.24) is 19.9 Å². The molecule has 0 bridgehead atoms. The van der Waals surface area contributed by atoms with Crippen LogP contribution in [0.2, 0.25) is 0 Å². The van der Waals surface area contributed by atoms with E-state index in [4.69, 9.17) is 10.5 Å². The van der Waals surface area contributed by atoms with Crippen LogP contribution >= 0.6 is 0 Å². The van der Waals surface area contributed by atoms with Crippen LogP contribution in [0.4, 0.5) is 11.6 Å². The molecule has 0 radical (unpaired) electrons. The molecular weight excluding hydrogens is 296 g/mol. The number of carbonyl (C=O) groups excluding carboxylic acids is 1. The lowest BCUT2D eigenvalue weighted by atomic mass is 10.1. The number of nitrogens with one attached hydrogen (secondary N) is 1. The summed E-state index contributed by atoms with van der Waals surface area (Å²) in [6.45, 7) is 2.27. The molecule has 1 amide bonds. The molecule has 8 nitrogen and oxygen atoms in total. The van der Waals surface area contributed by atoms with Crippen LogP contribution < -0.4 is 15.8 Å². The van der Waals surface area contributed by atoms with Crippen LogP contribution in [0.25, 0.3) is 22.4 Å². The van der Waals surface area contributed by atoms with Gasteiger partial charge < -0.3 is 15.8 Å². The maximum absolute atomic E-state index is 10.6. The Morgan fingerprint density at radius 3 is 2.96 bits per heavy atom. The van der Waals surface area contributed by atoms with Gasteiger partial charge in [-0.2, -0.15) is 9.97 Å². The van der Waals surface area contributed by atoms with Crippen LogP contribution in [0.3, 0.4) is 0 Å². The molecule has 8 heteroatoms. The number of ether oxygens (including phenoxy) is 1. The van der Waals surface area contributed by atoms with Crippen LogP contribution in [0.1, 0.15) is 6.92 Å². The van der Waals surface area contributed by atoms with E-state index in [0.717, 1.165) is 5.56 Å². The number of nitrogen functional groups attached to an aromatic ring is 1. The predicted molar refractivity (Wildman–Crippen MR) is 85.8 cm³/mol. The average Bonchev–Trinajstić information content (AvgIpc) is 2.55. The van der Waals surface area contributed by atoms with Crippen LogP contribution in [0.5, 0.6) is 5.88 Å². The Bertz CT molecular complexity index is 868. The van der Waals surface area contributed by atoms with Crippen molar-refractivity contribution in [2.75, 3.05) is 17.7 Å². The summed E-state index contributed by atoms with van der Waals surface area (Å²) in [7, 11) is 0. The Morgan fingerprint density at radius 1 is 1.30 bits per heavy atom. The second-order valence-corrected chi connectivity index (χ2v) is 4.59. The van der Waals surface area contributed by atoms with Crippen molar-refractivity contribution in [3.63, 3.8) is 0 Å². The van der Waals surface area contributed by atoms with Gasteiger partial charge in [0.15, 0.2) is 11.2 Å². The first-order chi connectivity index (χ1) is 11.2. The summed E-state index contributed by atoms with van der Waals surface area (Å²) in [4.78, 5) is 27.5. The largest absolute Gasteiger partial charge is 0.476 e. The summed E-state index contributed by atoms with van der Waals surface area (Å²) in [6.07, 6.45) is 2.21. The summed E-state index contributed by atoms with van der Waals surface area (Å²) in [5, 5.41) is 2.60. The lowest BCUT2D eigenvalue weighted by Gasteiger charge is -2.08. The van der Waals surface area contributed by atoms with E-state index in [1.165, 1.54) is 0 Å². The Labute approximate surface area is 131 Å². The number of rotatable bonds is 5. The first-order valence-electron chi connectivity index (χ1n) is 6.95. The van der Waals surface area contributed by atoms with Gasteiger partial charge in [-0.15, -0.1) is 0 Å². The van der Waals surface area contributed by atoms with Crippen molar-refractivity contribution in [2.45, 2.75) is 6.92 Å². The monoisotopic (exact) mass is 310 g/mol. The molecule has 2 aromatic heterocycles. The van der Waals surface area contributed by atoms with Gasteiger partial charge in [-0.1, -0.05) is 12.1 Å². The average molecular weight is 310 g/mol. The lowest BCUT2D eigenvalue weighted by Crippen LogP contribution is -2.04. The summed E-state index contributed by atoms with van der Waals surface area (Å²) in [5.41, 5.74) is 8.52. The van der Waals surface area contributed by atoms with E-state index in [-0.39, 0.29) is 5.95 Å². The van der Waals surface area contributed by atoms with E-state index < -0.39 is 0 Å². The Kier molecular flexibility index (Phi) is 3.96. The summed E-state index contributed by atoms with van der Waals surface area (Å²) >= 11 is 0. The highest BCUT2D eigenvalue weighted by molar-refractivity contribution is 5.80. The molecular formula is C15H14N6O2. The fourth-order valence-electron chi connectivity index (χ4n) is 2.11. The van der Waals surface area contributed by atoms with Gasteiger partial charge in [-0.25, -0.2) is 9.97 Å². The highest BCUT2D eigenvalue weighted by Crippen LogP contribution is 2.25. The molecule has 0 aliphatic rings. The topological polar surface area (TPSA) is 116 Å². The van der Waals surface area contributed by atoms with Crippen LogP contribution in [-0.4, -0.2) is 33.0 Å². The lowest BCUT2D eigenvalue weighted by molar-refractivity contribution is -0.105. The molecule has 116 valence electrons. The number of fused-ring (bicyclic) bond motifs is 1. The third-order valence-corrected chi connectivity index (χ3v) is 3.06. The van der Waals surface area contributed by atoms with Crippen molar-refractivity contribution in [3.05, 3.63) is 30.5 Å². The molecule has 3 aromatic rings. The van der Waals surface area contributed by atoms with Gasteiger partial charge in [0.1, 0.15) is 0 Å². The van der Waals surface area contributed by atoms with Gasteiger partial charge in [0.25, 0.3) is 0 Å². The minimum Gasteiger partial charge on any atom is -0.476 e. The second kappa shape index (κ2) is 6.22. The third-order valence-electron chi connectivity index (χ3n) is 3.06. The van der Waals surface area contributed by atoms with E-state index in [2.05, 4.69) is 25.3 Å². The predicted octanol–water partition coefficient (Wildman–Crippen LogP) is 1.64. The molecule has 0 spiro atoms. The van der Waals surface area contributed by atoms with Crippen molar-refractivity contribution >= 4 is 29.2 Å². The van der Waals surface area contributed by atoms with E-state index in [1.54, 1.807) is 18.3 Å². The molecule has 3 rings (SSSR count). The SMILES string of the molecule is CCOc1nc(N)nc2ncc(-c3cccc(NC=O)c3)nc12. The molecule has 2 heterocycles. The summed E-state index contributed by atoms with van der Waals surface area (Å²) in [5.74, 6) is 0.381. The second-order valence-electron chi connectivity index (χ2n) is 4.59. The number of benzene rings is 1. The zero-order chi connectivity index (χ0) is 16.2. The first-order valence-corrected chi connectivity index (χ1v) is 6.95. The Hall–Kier alpha value is -3.29. The van der Waals surface area contributed by atoms with E-state index in [0.29, 0.717) is 41.4 Å². The minimum absolute atomic E-state index is 0.0835. The minimum atomic E-state index is 0.0835. The van der Waals surface area contributed by atoms with Gasteiger partial charge in [-0.05, 0) is 19.1 Å². The molecule has 0 aliphatic heterocycles. The maximum atomic E-state index is 10.6. The number of aromatic nitrogens is 4. The summed E-state index contributed by atoms with van der Waals surface area (Å²) < 4.78 is 5.46. The number of carbonyl (C=O) groups is 1. The number of anilines is 2. The normalized spacial score (nSPS) is 10.5. The van der Waals surface area contributed by atoms with Gasteiger partial charge in [0.2, 0.25) is 18.2 Å². The van der Waals surface area contributed by atoms with Gasteiger partial charge in [-0.3, -0.25) is 4.79 Å². The van der Waals surface area contributed by atoms with Crippen molar-refractivity contribution in [1.29, 1.82) is 0 Å². The first kappa shape index (κ1) is 14.6. The zero-order valence-electron chi connectivity index (χ0n) is 12.4. The highest BCUT2D eigenvalue weighted by Gasteiger charge is 2.12. The van der Waals surface area contributed by atoms with E-state index in [1.807, 2.05) is 19.1 Å². The standard InChI is InChI=1S/C15H14N6O2/c1-2-23-14-12-13(20-15(16)21-14)17-7-11(19-12)9-4-3-5-10(6-9)18-8-22/h3-8H,2H2,1H3,(H,18,22)(H2,16,17,20,21). The smallest absolute Gasteiger partial charge is 0.247 e. The van der Waals surface area contributed by atoms with Crippen molar-refractivity contribution in [2.24, 2.45) is 0 Å². The molecule has 0 fully saturated rings. The van der Waals surface area contributed by atoms with Gasteiger partial charge >= 0.3 is 0 Å². The maximum Gasteiger partial charge on any atom is 0.247 e. The fourth-order valence-corrected chi connectivity index (χ4v) is 2.11. The molecule has 0 unspecified atom stereocenters. The number of amides is 1. The molecule has 1 aromatic carbocycles. The molecule has 0 saturated carbocycles. The molecule has 23 heavy (non-hydrogen) atoms. The van der Waals surface area contributed by atoms with Gasteiger partial charge in [0, 0.05) is 11.3 Å². The molecule has 0 atom stereocenters. The van der Waals surface area contributed by atoms with E-state index >= 15 is 0 Å². The number of nitrogens with zero attached hydrogens (tertiary/aromatic N) is 4. The van der Waals surface area contributed by atoms with Crippen LogP contribution in [0.15, 0.2) is 30.5 Å². The van der Waals surface area contributed by atoms with Crippen molar-refractivity contribution in [3.8, 4) is 17.1 Å². The fraction of sp³-hybridized carbons (Fsp3) is 0.133. The quantitative estimate of drug-likeness (QED) is 0.688. The van der Waals surface area contributed by atoms with Gasteiger partial charge in [0.05, 0.1) is 18.5 Å².